The van der Waals surface area contributed by atoms with Gasteiger partial charge in [0, 0.05) is 11.1 Å². The van der Waals surface area contributed by atoms with Crippen molar-refractivity contribution in [1.29, 1.82) is 0 Å². The van der Waals surface area contributed by atoms with Crippen LogP contribution in [-0.4, -0.2) is 28.0 Å². The summed E-state index contributed by atoms with van der Waals surface area (Å²) in [5.41, 5.74) is 6.97. The van der Waals surface area contributed by atoms with E-state index < -0.39 is 17.9 Å². The molecule has 0 saturated carbocycles. The van der Waals surface area contributed by atoms with Crippen LogP contribution in [0.5, 0.6) is 0 Å². The van der Waals surface area contributed by atoms with E-state index in [1.54, 1.807) is 18.2 Å². The number of anilines is 1. The molecule has 0 bridgehead atoms. The highest BCUT2D eigenvalue weighted by Gasteiger charge is 2.17. The fourth-order valence-electron chi connectivity index (χ4n) is 1.65. The number of nitrogens with zero attached hydrogens (tertiary/aromatic N) is 1. The van der Waals surface area contributed by atoms with Gasteiger partial charge >= 0.3 is 5.97 Å². The van der Waals surface area contributed by atoms with Crippen molar-refractivity contribution in [2.45, 2.75) is 13.0 Å². The Morgan fingerprint density at radius 3 is 2.74 bits per heavy atom. The fraction of sp³-hybridized carbons (Fsp3) is 0.154. The summed E-state index contributed by atoms with van der Waals surface area (Å²) in [7, 11) is 0. The van der Waals surface area contributed by atoms with Gasteiger partial charge in [0.25, 0.3) is 5.91 Å². The van der Waals surface area contributed by atoms with Crippen LogP contribution in [0.25, 0.3) is 10.9 Å². The number of fused-ring (bicyclic) bond motifs is 1. The van der Waals surface area contributed by atoms with Gasteiger partial charge < -0.3 is 16.2 Å². The van der Waals surface area contributed by atoms with Crippen molar-refractivity contribution < 1.29 is 14.7 Å². The Balaban J connectivity index is 2.35. The lowest BCUT2D eigenvalue weighted by molar-refractivity contribution is -0.138. The van der Waals surface area contributed by atoms with Gasteiger partial charge in [0.15, 0.2) is 0 Å². The average Bonchev–Trinajstić information content (AvgIpc) is 2.38. The van der Waals surface area contributed by atoms with Gasteiger partial charge in [0.05, 0.1) is 5.52 Å². The van der Waals surface area contributed by atoms with Gasteiger partial charge in [-0.3, -0.25) is 9.59 Å². The smallest absolute Gasteiger partial charge is 0.325 e. The molecule has 1 amide bonds. The van der Waals surface area contributed by atoms with Crippen LogP contribution in [0, 0.1) is 0 Å². The Hall–Kier alpha value is -2.63. The molecular weight excluding hydrogens is 246 g/mol. The zero-order valence-electron chi connectivity index (χ0n) is 10.3. The second-order valence-electron chi connectivity index (χ2n) is 4.15. The Bertz CT molecular complexity index is 655. The van der Waals surface area contributed by atoms with Crippen LogP contribution in [-0.2, 0) is 4.79 Å². The summed E-state index contributed by atoms with van der Waals surface area (Å²) in [5.74, 6) is -1.67. The molecule has 6 nitrogen and oxygen atoms in total. The number of aliphatic carboxylic acids is 1. The number of benzene rings is 1. The van der Waals surface area contributed by atoms with Gasteiger partial charge in [-0.2, -0.15) is 0 Å². The maximum absolute atomic E-state index is 11.9. The molecule has 0 aliphatic heterocycles. The summed E-state index contributed by atoms with van der Waals surface area (Å²) >= 11 is 0. The molecule has 0 aliphatic carbocycles. The first-order valence-electron chi connectivity index (χ1n) is 5.68. The van der Waals surface area contributed by atoms with E-state index in [-0.39, 0.29) is 5.69 Å². The maximum Gasteiger partial charge on any atom is 0.325 e. The van der Waals surface area contributed by atoms with E-state index in [0.29, 0.717) is 11.2 Å². The molecule has 0 fully saturated rings. The van der Waals surface area contributed by atoms with Crippen LogP contribution in [0.15, 0.2) is 30.3 Å². The van der Waals surface area contributed by atoms with E-state index in [2.05, 4.69) is 10.3 Å². The highest BCUT2D eigenvalue weighted by atomic mass is 16.4. The van der Waals surface area contributed by atoms with E-state index in [1.165, 1.54) is 13.0 Å². The SMILES string of the molecule is C[C@H](NC(=O)c1cc(N)c2ccccc2n1)C(=O)O. The fourth-order valence-corrected chi connectivity index (χ4v) is 1.65. The van der Waals surface area contributed by atoms with Gasteiger partial charge in [0.2, 0.25) is 0 Å². The molecule has 1 aromatic carbocycles. The number of hydrogen-bond acceptors (Lipinski definition) is 4. The molecule has 0 aliphatic rings. The average molecular weight is 259 g/mol. The summed E-state index contributed by atoms with van der Waals surface area (Å²) in [6.07, 6.45) is 0. The zero-order valence-corrected chi connectivity index (χ0v) is 10.3. The number of carbonyl (C=O) groups is 2. The molecule has 0 unspecified atom stereocenters. The van der Waals surface area contributed by atoms with Crippen LogP contribution < -0.4 is 11.1 Å². The highest BCUT2D eigenvalue weighted by Crippen LogP contribution is 2.19. The number of para-hydroxylation sites is 1. The summed E-state index contributed by atoms with van der Waals surface area (Å²) in [4.78, 5) is 26.7. The number of carboxylic acid groups (broad SMARTS) is 1. The van der Waals surface area contributed by atoms with Crippen LogP contribution >= 0.6 is 0 Å². The Kier molecular flexibility index (Phi) is 3.33. The molecule has 0 spiro atoms. The van der Waals surface area contributed by atoms with E-state index in [0.717, 1.165) is 5.39 Å². The number of carbonyl (C=O) groups excluding carboxylic acids is 1. The number of nitrogens with two attached hydrogens (primary N) is 1. The van der Waals surface area contributed by atoms with Crippen molar-refractivity contribution >= 4 is 28.5 Å². The first-order valence-corrected chi connectivity index (χ1v) is 5.68. The first-order chi connectivity index (χ1) is 8.99. The number of carboxylic acids is 1. The minimum atomic E-state index is -1.11. The quantitative estimate of drug-likeness (QED) is 0.763. The molecule has 0 saturated heterocycles. The van der Waals surface area contributed by atoms with Gasteiger partial charge in [-0.05, 0) is 19.1 Å². The summed E-state index contributed by atoms with van der Waals surface area (Å²) in [6.45, 7) is 1.38. The van der Waals surface area contributed by atoms with Crippen molar-refractivity contribution in [2.75, 3.05) is 5.73 Å². The third kappa shape index (κ3) is 2.62. The second kappa shape index (κ2) is 4.93. The number of pyridine rings is 1. The van der Waals surface area contributed by atoms with Gasteiger partial charge in [-0.25, -0.2) is 4.98 Å². The molecule has 2 rings (SSSR count). The van der Waals surface area contributed by atoms with Crippen molar-refractivity contribution in [3.63, 3.8) is 0 Å². The van der Waals surface area contributed by atoms with Crippen molar-refractivity contribution in [3.8, 4) is 0 Å². The molecule has 1 atom stereocenters. The lowest BCUT2D eigenvalue weighted by Gasteiger charge is -2.10. The van der Waals surface area contributed by atoms with Crippen LogP contribution in [0.4, 0.5) is 5.69 Å². The highest BCUT2D eigenvalue weighted by molar-refractivity contribution is 6.00. The summed E-state index contributed by atoms with van der Waals surface area (Å²) in [5, 5.41) is 11.8. The minimum absolute atomic E-state index is 0.101. The molecule has 6 heteroatoms. The largest absolute Gasteiger partial charge is 0.480 e. The maximum atomic E-state index is 11.9. The molecule has 19 heavy (non-hydrogen) atoms. The molecule has 2 aromatic rings. The zero-order chi connectivity index (χ0) is 14.0. The van der Waals surface area contributed by atoms with Gasteiger partial charge in [0.1, 0.15) is 11.7 Å². The van der Waals surface area contributed by atoms with E-state index >= 15 is 0 Å². The lowest BCUT2D eigenvalue weighted by atomic mass is 10.1. The molecule has 1 heterocycles. The number of rotatable bonds is 3. The topological polar surface area (TPSA) is 105 Å². The minimum Gasteiger partial charge on any atom is -0.480 e. The standard InChI is InChI=1S/C13H13N3O3/c1-7(13(18)19)15-12(17)11-6-9(14)8-4-2-3-5-10(8)16-11/h2-7H,1H3,(H2,14,16)(H,15,17)(H,18,19)/t7-/m0/s1. The van der Waals surface area contributed by atoms with Crippen molar-refractivity contribution in [1.82, 2.24) is 10.3 Å². The lowest BCUT2D eigenvalue weighted by Crippen LogP contribution is -2.38. The number of nitrogen functional groups attached to an aromatic ring is 1. The predicted molar refractivity (Wildman–Crippen MR) is 70.7 cm³/mol. The van der Waals surface area contributed by atoms with Gasteiger partial charge in [-0.15, -0.1) is 0 Å². The van der Waals surface area contributed by atoms with Crippen molar-refractivity contribution in [2.24, 2.45) is 0 Å². The number of aromatic nitrogens is 1. The Labute approximate surface area is 109 Å². The summed E-state index contributed by atoms with van der Waals surface area (Å²) < 4.78 is 0. The molecule has 4 N–H and O–H groups in total. The number of hydrogen-bond donors (Lipinski definition) is 3. The Morgan fingerprint density at radius 2 is 2.05 bits per heavy atom. The third-order valence-electron chi connectivity index (χ3n) is 2.70. The Morgan fingerprint density at radius 1 is 1.37 bits per heavy atom. The van der Waals surface area contributed by atoms with Crippen molar-refractivity contribution in [3.05, 3.63) is 36.0 Å². The van der Waals surface area contributed by atoms with Gasteiger partial charge in [-0.1, -0.05) is 18.2 Å². The monoisotopic (exact) mass is 259 g/mol. The van der Waals surface area contributed by atoms with Crippen LogP contribution in [0.1, 0.15) is 17.4 Å². The van der Waals surface area contributed by atoms with Crippen LogP contribution in [0.3, 0.4) is 0 Å². The molecule has 98 valence electrons. The predicted octanol–water partition coefficient (Wildman–Crippen LogP) is 1.02. The summed E-state index contributed by atoms with van der Waals surface area (Å²) in [6, 6.07) is 7.61. The molecule has 0 radical (unpaired) electrons. The van der Waals surface area contributed by atoms with E-state index in [4.69, 9.17) is 10.8 Å². The number of amides is 1. The second-order valence-corrected chi connectivity index (χ2v) is 4.15. The van der Waals surface area contributed by atoms with E-state index in [9.17, 15) is 9.59 Å². The normalized spacial score (nSPS) is 12.1. The number of nitrogens with one attached hydrogen (secondary N) is 1. The van der Waals surface area contributed by atoms with E-state index in [1.807, 2.05) is 6.07 Å². The molecule has 1 aromatic heterocycles. The molecular formula is C13H13N3O3. The first kappa shape index (κ1) is 12.8. The third-order valence-corrected chi connectivity index (χ3v) is 2.70. The van der Waals surface area contributed by atoms with Crippen LogP contribution in [0.2, 0.25) is 0 Å².